The van der Waals surface area contributed by atoms with Gasteiger partial charge in [-0.3, -0.25) is 0 Å². The second-order valence-corrected chi connectivity index (χ2v) is 3.04. The first-order chi connectivity index (χ1) is 4.34. The van der Waals surface area contributed by atoms with E-state index in [2.05, 4.69) is 19.2 Å². The van der Waals surface area contributed by atoms with Crippen molar-refractivity contribution in [3.05, 3.63) is 0 Å². The molecular weight excluding hydrogens is 110 g/mol. The van der Waals surface area contributed by atoms with Gasteiger partial charge in [0.15, 0.2) is 0 Å². The summed E-state index contributed by atoms with van der Waals surface area (Å²) < 4.78 is 0. The zero-order valence-corrected chi connectivity index (χ0v) is 6.48. The van der Waals surface area contributed by atoms with Crippen molar-refractivity contribution in [2.45, 2.75) is 39.2 Å². The van der Waals surface area contributed by atoms with E-state index in [1.165, 1.54) is 19.3 Å². The Hall–Kier alpha value is -0.0400. The summed E-state index contributed by atoms with van der Waals surface area (Å²) in [6.45, 7) is 5.60. The lowest BCUT2D eigenvalue weighted by molar-refractivity contribution is 0.243. The summed E-state index contributed by atoms with van der Waals surface area (Å²) in [6.07, 6.45) is 4.36. The molecule has 0 saturated heterocycles. The zero-order valence-electron chi connectivity index (χ0n) is 6.48. The molecule has 1 fully saturated rings. The standard InChI is InChI=1S/C8H17N/c1-3-9-7(2)8-5-4-6-8/h7-9H,3-6H2,1-2H3/t7-/m0/s1. The highest BCUT2D eigenvalue weighted by Gasteiger charge is 2.22. The molecule has 1 aliphatic rings. The molecule has 1 aliphatic carbocycles. The van der Waals surface area contributed by atoms with Crippen LogP contribution in [0.15, 0.2) is 0 Å². The average Bonchev–Trinajstić information content (AvgIpc) is 1.60. The van der Waals surface area contributed by atoms with Crippen molar-refractivity contribution in [2.75, 3.05) is 6.54 Å². The monoisotopic (exact) mass is 127 g/mol. The Labute approximate surface area is 57.8 Å². The molecule has 0 amide bonds. The van der Waals surface area contributed by atoms with Gasteiger partial charge in [-0.25, -0.2) is 0 Å². The van der Waals surface area contributed by atoms with Crippen LogP contribution >= 0.6 is 0 Å². The molecule has 1 saturated carbocycles. The van der Waals surface area contributed by atoms with Crippen LogP contribution in [0.25, 0.3) is 0 Å². The van der Waals surface area contributed by atoms with Crippen LogP contribution in [0.4, 0.5) is 0 Å². The molecule has 0 unspecified atom stereocenters. The van der Waals surface area contributed by atoms with Crippen molar-refractivity contribution in [1.82, 2.24) is 5.32 Å². The van der Waals surface area contributed by atoms with Gasteiger partial charge in [0.2, 0.25) is 0 Å². The Kier molecular flexibility index (Phi) is 2.52. The van der Waals surface area contributed by atoms with Gasteiger partial charge in [0.1, 0.15) is 0 Å². The topological polar surface area (TPSA) is 12.0 Å². The summed E-state index contributed by atoms with van der Waals surface area (Å²) >= 11 is 0. The van der Waals surface area contributed by atoms with E-state index in [9.17, 15) is 0 Å². The lowest BCUT2D eigenvalue weighted by Gasteiger charge is -2.31. The molecule has 1 atom stereocenters. The van der Waals surface area contributed by atoms with Gasteiger partial charge in [-0.05, 0) is 32.2 Å². The van der Waals surface area contributed by atoms with E-state index in [-0.39, 0.29) is 0 Å². The fourth-order valence-corrected chi connectivity index (χ4v) is 1.43. The Morgan fingerprint density at radius 1 is 1.56 bits per heavy atom. The van der Waals surface area contributed by atoms with Crippen LogP contribution in [0.2, 0.25) is 0 Å². The van der Waals surface area contributed by atoms with E-state index >= 15 is 0 Å². The first-order valence-electron chi connectivity index (χ1n) is 4.08. The van der Waals surface area contributed by atoms with Gasteiger partial charge < -0.3 is 5.32 Å². The Bertz CT molecular complexity index is 76.6. The van der Waals surface area contributed by atoms with E-state index in [1.807, 2.05) is 0 Å². The van der Waals surface area contributed by atoms with Crippen molar-refractivity contribution in [2.24, 2.45) is 5.92 Å². The molecule has 0 aromatic rings. The van der Waals surface area contributed by atoms with E-state index in [0.717, 1.165) is 18.5 Å². The maximum atomic E-state index is 3.45. The van der Waals surface area contributed by atoms with Gasteiger partial charge in [0.05, 0.1) is 0 Å². The predicted molar refractivity (Wildman–Crippen MR) is 40.5 cm³/mol. The minimum Gasteiger partial charge on any atom is -0.314 e. The van der Waals surface area contributed by atoms with Crippen LogP contribution in [-0.4, -0.2) is 12.6 Å². The summed E-state index contributed by atoms with van der Waals surface area (Å²) in [5.74, 6) is 0.991. The van der Waals surface area contributed by atoms with Gasteiger partial charge in [-0.2, -0.15) is 0 Å². The lowest BCUT2D eigenvalue weighted by Crippen LogP contribution is -2.36. The summed E-state index contributed by atoms with van der Waals surface area (Å²) in [4.78, 5) is 0. The smallest absolute Gasteiger partial charge is 0.00668 e. The minimum atomic E-state index is 0.767. The van der Waals surface area contributed by atoms with E-state index in [0.29, 0.717) is 0 Å². The molecule has 0 heterocycles. The van der Waals surface area contributed by atoms with Gasteiger partial charge in [-0.1, -0.05) is 13.3 Å². The summed E-state index contributed by atoms with van der Waals surface area (Å²) in [7, 11) is 0. The molecule has 1 nitrogen and oxygen atoms in total. The Morgan fingerprint density at radius 2 is 2.22 bits per heavy atom. The van der Waals surface area contributed by atoms with Crippen LogP contribution in [0.3, 0.4) is 0 Å². The summed E-state index contributed by atoms with van der Waals surface area (Å²) in [6, 6.07) is 0.767. The van der Waals surface area contributed by atoms with Gasteiger partial charge in [-0.15, -0.1) is 0 Å². The molecule has 1 N–H and O–H groups in total. The predicted octanol–water partition coefficient (Wildman–Crippen LogP) is 1.78. The lowest BCUT2D eigenvalue weighted by atomic mass is 9.80. The second kappa shape index (κ2) is 3.21. The van der Waals surface area contributed by atoms with Gasteiger partial charge in [0.25, 0.3) is 0 Å². The molecule has 0 aromatic carbocycles. The number of rotatable bonds is 3. The van der Waals surface area contributed by atoms with Crippen LogP contribution < -0.4 is 5.32 Å². The molecule has 0 aliphatic heterocycles. The third kappa shape index (κ3) is 1.68. The first-order valence-corrected chi connectivity index (χ1v) is 4.08. The minimum absolute atomic E-state index is 0.767. The maximum absolute atomic E-state index is 3.45. The molecule has 54 valence electrons. The Balaban J connectivity index is 2.08. The van der Waals surface area contributed by atoms with Crippen LogP contribution in [0.1, 0.15) is 33.1 Å². The largest absolute Gasteiger partial charge is 0.314 e. The quantitative estimate of drug-likeness (QED) is 0.609. The highest BCUT2D eigenvalue weighted by atomic mass is 14.9. The molecule has 1 rings (SSSR count). The normalized spacial score (nSPS) is 23.3. The number of nitrogens with one attached hydrogen (secondary N) is 1. The number of hydrogen-bond acceptors (Lipinski definition) is 1. The average molecular weight is 127 g/mol. The number of hydrogen-bond donors (Lipinski definition) is 1. The SMILES string of the molecule is CCN[C@@H](C)C1CCC1. The van der Waals surface area contributed by atoms with E-state index in [1.54, 1.807) is 0 Å². The molecule has 1 heteroatoms. The summed E-state index contributed by atoms with van der Waals surface area (Å²) in [5, 5.41) is 3.45. The van der Waals surface area contributed by atoms with Crippen molar-refractivity contribution in [3.63, 3.8) is 0 Å². The Morgan fingerprint density at radius 3 is 2.56 bits per heavy atom. The van der Waals surface area contributed by atoms with Gasteiger partial charge in [0, 0.05) is 6.04 Å². The highest BCUT2D eigenvalue weighted by Crippen LogP contribution is 2.28. The second-order valence-electron chi connectivity index (χ2n) is 3.04. The van der Waals surface area contributed by atoms with Gasteiger partial charge >= 0.3 is 0 Å². The molecule has 9 heavy (non-hydrogen) atoms. The zero-order chi connectivity index (χ0) is 6.69. The molecule has 0 spiro atoms. The fourth-order valence-electron chi connectivity index (χ4n) is 1.43. The van der Waals surface area contributed by atoms with Crippen molar-refractivity contribution >= 4 is 0 Å². The van der Waals surface area contributed by atoms with Crippen molar-refractivity contribution in [1.29, 1.82) is 0 Å². The summed E-state index contributed by atoms with van der Waals surface area (Å²) in [5.41, 5.74) is 0. The third-order valence-electron chi connectivity index (χ3n) is 2.38. The molecule has 0 bridgehead atoms. The van der Waals surface area contributed by atoms with E-state index in [4.69, 9.17) is 0 Å². The van der Waals surface area contributed by atoms with Crippen LogP contribution in [-0.2, 0) is 0 Å². The van der Waals surface area contributed by atoms with Crippen LogP contribution in [0.5, 0.6) is 0 Å². The van der Waals surface area contributed by atoms with E-state index < -0.39 is 0 Å². The van der Waals surface area contributed by atoms with Crippen LogP contribution in [0, 0.1) is 5.92 Å². The third-order valence-corrected chi connectivity index (χ3v) is 2.38. The van der Waals surface area contributed by atoms with Crippen molar-refractivity contribution < 1.29 is 0 Å². The highest BCUT2D eigenvalue weighted by molar-refractivity contribution is 4.78. The molecular formula is C8H17N. The fraction of sp³-hybridized carbons (Fsp3) is 1.00. The molecule has 0 radical (unpaired) electrons. The molecule has 0 aromatic heterocycles. The first kappa shape index (κ1) is 7.07. The van der Waals surface area contributed by atoms with Crippen molar-refractivity contribution in [3.8, 4) is 0 Å². The maximum Gasteiger partial charge on any atom is 0.00668 e.